The monoisotopic (exact) mass is 306 g/mol. The molecule has 2 aromatic heterocycles. The molecule has 2 heterocycles. The van der Waals surface area contributed by atoms with Gasteiger partial charge in [0.05, 0.1) is 18.1 Å². The van der Waals surface area contributed by atoms with Crippen molar-refractivity contribution in [2.45, 2.75) is 6.92 Å². The molecule has 0 fully saturated rings. The lowest BCUT2D eigenvalue weighted by Crippen LogP contribution is -1.84. The van der Waals surface area contributed by atoms with Gasteiger partial charge in [-0.3, -0.25) is 0 Å². The van der Waals surface area contributed by atoms with Gasteiger partial charge in [-0.15, -0.1) is 0 Å². The van der Waals surface area contributed by atoms with Crippen LogP contribution in [0.2, 0.25) is 0 Å². The summed E-state index contributed by atoms with van der Waals surface area (Å²) in [5.41, 5.74) is 3.60. The van der Waals surface area contributed by atoms with Crippen molar-refractivity contribution >= 4 is 11.0 Å². The SMILES string of the molecule is COc1ccc(-c2noc(-c3ccc4nc(C)[nH]c4c3)n2)cc1. The summed E-state index contributed by atoms with van der Waals surface area (Å²) >= 11 is 0. The smallest absolute Gasteiger partial charge is 0.258 e. The van der Waals surface area contributed by atoms with Gasteiger partial charge in [-0.2, -0.15) is 4.98 Å². The van der Waals surface area contributed by atoms with Crippen LogP contribution in [0, 0.1) is 6.92 Å². The Bertz CT molecular complexity index is 970. The summed E-state index contributed by atoms with van der Waals surface area (Å²) in [6.45, 7) is 1.92. The predicted molar refractivity (Wildman–Crippen MR) is 86.1 cm³/mol. The van der Waals surface area contributed by atoms with Gasteiger partial charge >= 0.3 is 0 Å². The fraction of sp³-hybridized carbons (Fsp3) is 0.118. The molecule has 4 aromatic rings. The number of benzene rings is 2. The molecule has 0 bridgehead atoms. The first-order valence-electron chi connectivity index (χ1n) is 7.18. The molecule has 0 radical (unpaired) electrons. The molecule has 1 N–H and O–H groups in total. The largest absolute Gasteiger partial charge is 0.497 e. The molecule has 0 saturated heterocycles. The van der Waals surface area contributed by atoms with E-state index >= 15 is 0 Å². The van der Waals surface area contributed by atoms with Gasteiger partial charge in [-0.05, 0) is 49.4 Å². The summed E-state index contributed by atoms with van der Waals surface area (Å²) in [4.78, 5) is 12.1. The van der Waals surface area contributed by atoms with E-state index < -0.39 is 0 Å². The highest BCUT2D eigenvalue weighted by Gasteiger charge is 2.12. The van der Waals surface area contributed by atoms with Crippen LogP contribution in [0.4, 0.5) is 0 Å². The van der Waals surface area contributed by atoms with E-state index in [2.05, 4.69) is 20.1 Å². The zero-order valence-corrected chi connectivity index (χ0v) is 12.7. The lowest BCUT2D eigenvalue weighted by Gasteiger charge is -1.99. The van der Waals surface area contributed by atoms with Gasteiger partial charge in [0.2, 0.25) is 5.82 Å². The molecule has 2 aromatic carbocycles. The van der Waals surface area contributed by atoms with Crippen molar-refractivity contribution in [1.82, 2.24) is 20.1 Å². The molecule has 0 amide bonds. The van der Waals surface area contributed by atoms with E-state index in [1.54, 1.807) is 7.11 Å². The first-order chi connectivity index (χ1) is 11.2. The Morgan fingerprint density at radius 1 is 1.00 bits per heavy atom. The number of aromatic amines is 1. The second-order valence-corrected chi connectivity index (χ2v) is 5.21. The van der Waals surface area contributed by atoms with Crippen LogP contribution in [0.15, 0.2) is 47.0 Å². The van der Waals surface area contributed by atoms with Crippen molar-refractivity contribution in [3.8, 4) is 28.6 Å². The summed E-state index contributed by atoms with van der Waals surface area (Å²) in [6.07, 6.45) is 0. The third-order valence-corrected chi connectivity index (χ3v) is 3.62. The van der Waals surface area contributed by atoms with E-state index in [9.17, 15) is 0 Å². The number of fused-ring (bicyclic) bond motifs is 1. The minimum absolute atomic E-state index is 0.477. The first kappa shape index (κ1) is 13.5. The van der Waals surface area contributed by atoms with Gasteiger partial charge < -0.3 is 14.2 Å². The summed E-state index contributed by atoms with van der Waals surface area (Å²) in [5, 5.41) is 4.05. The molecule has 6 nitrogen and oxygen atoms in total. The number of hydrogen-bond donors (Lipinski definition) is 1. The summed E-state index contributed by atoms with van der Waals surface area (Å²) in [7, 11) is 1.63. The molecule has 0 atom stereocenters. The topological polar surface area (TPSA) is 76.8 Å². The van der Waals surface area contributed by atoms with Crippen LogP contribution in [0.5, 0.6) is 5.75 Å². The number of ether oxygens (including phenoxy) is 1. The maximum atomic E-state index is 5.39. The van der Waals surface area contributed by atoms with Gasteiger partial charge in [0, 0.05) is 11.1 Å². The molecule has 0 aliphatic rings. The van der Waals surface area contributed by atoms with Crippen LogP contribution in [0.25, 0.3) is 33.9 Å². The molecule has 23 heavy (non-hydrogen) atoms. The van der Waals surface area contributed by atoms with E-state index in [1.807, 2.05) is 49.4 Å². The van der Waals surface area contributed by atoms with Crippen LogP contribution in [-0.4, -0.2) is 27.2 Å². The molecular formula is C17H14N4O2. The Kier molecular flexibility index (Phi) is 3.08. The second kappa shape index (κ2) is 5.24. The number of H-pyrrole nitrogens is 1. The van der Waals surface area contributed by atoms with Crippen LogP contribution < -0.4 is 4.74 Å². The van der Waals surface area contributed by atoms with E-state index in [1.165, 1.54) is 0 Å². The van der Waals surface area contributed by atoms with Crippen LogP contribution in [0.1, 0.15) is 5.82 Å². The molecule has 0 aliphatic heterocycles. The lowest BCUT2D eigenvalue weighted by atomic mass is 10.2. The van der Waals surface area contributed by atoms with E-state index in [0.717, 1.165) is 33.7 Å². The van der Waals surface area contributed by atoms with Crippen LogP contribution in [0.3, 0.4) is 0 Å². The fourth-order valence-corrected chi connectivity index (χ4v) is 2.47. The Labute approximate surface area is 132 Å². The number of nitrogens with zero attached hydrogens (tertiary/aromatic N) is 3. The van der Waals surface area contributed by atoms with Crippen LogP contribution >= 0.6 is 0 Å². The summed E-state index contributed by atoms with van der Waals surface area (Å²) < 4.78 is 10.5. The van der Waals surface area contributed by atoms with Crippen molar-refractivity contribution in [2.75, 3.05) is 7.11 Å². The van der Waals surface area contributed by atoms with E-state index in [0.29, 0.717) is 11.7 Å². The maximum absolute atomic E-state index is 5.39. The Hall–Kier alpha value is -3.15. The van der Waals surface area contributed by atoms with Gasteiger partial charge in [0.15, 0.2) is 0 Å². The van der Waals surface area contributed by atoms with Crippen LogP contribution in [-0.2, 0) is 0 Å². The number of rotatable bonds is 3. The van der Waals surface area contributed by atoms with E-state index in [-0.39, 0.29) is 0 Å². The molecule has 0 aliphatic carbocycles. The van der Waals surface area contributed by atoms with Crippen molar-refractivity contribution < 1.29 is 9.26 Å². The lowest BCUT2D eigenvalue weighted by molar-refractivity contribution is 0.415. The standard InChI is InChI=1S/C17H14N4O2/c1-10-18-14-8-5-12(9-15(14)19-10)17-20-16(21-23-17)11-3-6-13(22-2)7-4-11/h3-9H,1-2H3,(H,18,19). The zero-order valence-electron chi connectivity index (χ0n) is 12.7. The summed E-state index contributed by atoms with van der Waals surface area (Å²) in [6, 6.07) is 13.3. The highest BCUT2D eigenvalue weighted by atomic mass is 16.5. The van der Waals surface area contributed by atoms with E-state index in [4.69, 9.17) is 9.26 Å². The molecule has 0 saturated carbocycles. The minimum atomic E-state index is 0.477. The van der Waals surface area contributed by atoms with Crippen molar-refractivity contribution in [1.29, 1.82) is 0 Å². The zero-order chi connectivity index (χ0) is 15.8. The number of aryl methyl sites for hydroxylation is 1. The predicted octanol–water partition coefficient (Wildman–Crippen LogP) is 3.60. The maximum Gasteiger partial charge on any atom is 0.258 e. The average Bonchev–Trinajstić information content (AvgIpc) is 3.19. The fourth-order valence-electron chi connectivity index (χ4n) is 2.47. The Morgan fingerprint density at radius 3 is 2.57 bits per heavy atom. The van der Waals surface area contributed by atoms with Gasteiger partial charge in [0.25, 0.3) is 5.89 Å². The molecule has 0 unspecified atom stereocenters. The average molecular weight is 306 g/mol. The molecule has 4 rings (SSSR count). The number of aromatic nitrogens is 4. The van der Waals surface area contributed by atoms with Crippen molar-refractivity contribution in [3.05, 3.63) is 48.3 Å². The Balaban J connectivity index is 1.70. The highest BCUT2D eigenvalue weighted by molar-refractivity contribution is 5.80. The summed E-state index contributed by atoms with van der Waals surface area (Å²) in [5.74, 6) is 2.69. The van der Waals surface area contributed by atoms with Crippen molar-refractivity contribution in [2.24, 2.45) is 0 Å². The normalized spacial score (nSPS) is 11.0. The van der Waals surface area contributed by atoms with Crippen molar-refractivity contribution in [3.63, 3.8) is 0 Å². The third-order valence-electron chi connectivity index (χ3n) is 3.62. The molecular weight excluding hydrogens is 292 g/mol. The molecule has 0 spiro atoms. The minimum Gasteiger partial charge on any atom is -0.497 e. The first-order valence-corrected chi connectivity index (χ1v) is 7.18. The second-order valence-electron chi connectivity index (χ2n) is 5.21. The number of imidazole rings is 1. The number of hydrogen-bond acceptors (Lipinski definition) is 5. The Morgan fingerprint density at radius 2 is 1.78 bits per heavy atom. The van der Waals surface area contributed by atoms with Gasteiger partial charge in [0.1, 0.15) is 11.6 Å². The van der Waals surface area contributed by atoms with Gasteiger partial charge in [-0.1, -0.05) is 5.16 Å². The van der Waals surface area contributed by atoms with Gasteiger partial charge in [-0.25, -0.2) is 4.98 Å². The number of methoxy groups -OCH3 is 1. The third kappa shape index (κ3) is 2.44. The molecule has 6 heteroatoms. The number of nitrogens with one attached hydrogen (secondary N) is 1. The quantitative estimate of drug-likeness (QED) is 0.626. The highest BCUT2D eigenvalue weighted by Crippen LogP contribution is 2.25. The molecule has 114 valence electrons.